The Morgan fingerprint density at radius 3 is 2.89 bits per heavy atom. The molecule has 0 amide bonds. The molecule has 5 heteroatoms. The fourth-order valence-corrected chi connectivity index (χ4v) is 2.55. The molecular weight excluding hydrogens is 250 g/mol. The highest BCUT2D eigenvalue weighted by Crippen LogP contribution is 2.37. The van der Waals surface area contributed by atoms with E-state index >= 15 is 0 Å². The summed E-state index contributed by atoms with van der Waals surface area (Å²) in [6.07, 6.45) is 0. The van der Waals surface area contributed by atoms with Crippen LogP contribution in [0.4, 0.5) is 5.69 Å². The van der Waals surface area contributed by atoms with Gasteiger partial charge in [0.25, 0.3) is 0 Å². The van der Waals surface area contributed by atoms with Crippen molar-refractivity contribution in [2.24, 2.45) is 0 Å². The van der Waals surface area contributed by atoms with Crippen LogP contribution in [0.1, 0.15) is 15.2 Å². The summed E-state index contributed by atoms with van der Waals surface area (Å²) in [5.41, 5.74) is 6.84. The first-order chi connectivity index (χ1) is 8.75. The van der Waals surface area contributed by atoms with Crippen LogP contribution in [-0.4, -0.2) is 19.0 Å². The smallest absolute Gasteiger partial charge is 0.203 e. The number of hydrogen-bond donors (Lipinski definition) is 1. The van der Waals surface area contributed by atoms with E-state index in [9.17, 15) is 4.79 Å². The minimum absolute atomic E-state index is 0.0475. The molecule has 0 aliphatic carbocycles. The molecule has 0 fully saturated rings. The number of carbonyl (C=O) groups is 1. The van der Waals surface area contributed by atoms with Crippen molar-refractivity contribution in [3.8, 4) is 11.5 Å². The molecule has 1 aromatic heterocycles. The number of fused-ring (bicyclic) bond motifs is 1. The zero-order valence-electron chi connectivity index (χ0n) is 9.51. The van der Waals surface area contributed by atoms with E-state index < -0.39 is 0 Å². The molecule has 0 spiro atoms. The first-order valence-electron chi connectivity index (χ1n) is 5.53. The van der Waals surface area contributed by atoms with E-state index in [1.807, 2.05) is 11.4 Å². The van der Waals surface area contributed by atoms with Crippen molar-refractivity contribution < 1.29 is 14.3 Å². The Kier molecular flexibility index (Phi) is 2.68. The molecule has 2 N–H and O–H groups in total. The van der Waals surface area contributed by atoms with Gasteiger partial charge in [-0.05, 0) is 23.6 Å². The van der Waals surface area contributed by atoms with E-state index in [1.165, 1.54) is 11.3 Å². The predicted octanol–water partition coefficient (Wildman–Crippen LogP) is 2.33. The molecule has 1 aliphatic rings. The Labute approximate surface area is 108 Å². The van der Waals surface area contributed by atoms with Crippen molar-refractivity contribution in [2.75, 3.05) is 18.9 Å². The monoisotopic (exact) mass is 261 g/mol. The number of ketones is 1. The molecule has 1 aliphatic heterocycles. The standard InChI is InChI=1S/C13H11NO3S/c14-9-6-8(12(15)11-2-1-5-18-11)7-10-13(9)17-4-3-16-10/h1-2,5-7H,3-4,14H2. The highest BCUT2D eigenvalue weighted by atomic mass is 32.1. The number of hydrogen-bond acceptors (Lipinski definition) is 5. The average molecular weight is 261 g/mol. The molecule has 18 heavy (non-hydrogen) atoms. The number of nitrogen functional groups attached to an aromatic ring is 1. The maximum Gasteiger partial charge on any atom is 0.203 e. The number of nitrogens with two attached hydrogens (primary N) is 1. The fourth-order valence-electron chi connectivity index (χ4n) is 1.86. The quantitative estimate of drug-likeness (QED) is 0.665. The summed E-state index contributed by atoms with van der Waals surface area (Å²) in [6.45, 7) is 0.957. The lowest BCUT2D eigenvalue weighted by Gasteiger charge is -2.20. The SMILES string of the molecule is Nc1cc(C(=O)c2cccs2)cc2c1OCCO2. The van der Waals surface area contributed by atoms with Gasteiger partial charge in [0.15, 0.2) is 11.5 Å². The third-order valence-electron chi connectivity index (χ3n) is 2.68. The van der Waals surface area contributed by atoms with Crippen LogP contribution in [0.25, 0.3) is 0 Å². The summed E-state index contributed by atoms with van der Waals surface area (Å²) in [5.74, 6) is 1.03. The highest BCUT2D eigenvalue weighted by molar-refractivity contribution is 7.12. The third-order valence-corrected chi connectivity index (χ3v) is 3.55. The van der Waals surface area contributed by atoms with Gasteiger partial charge in [-0.25, -0.2) is 0 Å². The van der Waals surface area contributed by atoms with Gasteiger partial charge in [0.2, 0.25) is 5.78 Å². The number of ether oxygens (including phenoxy) is 2. The number of carbonyl (C=O) groups excluding carboxylic acids is 1. The summed E-state index contributed by atoms with van der Waals surface area (Å²) in [5, 5.41) is 1.87. The zero-order chi connectivity index (χ0) is 12.5. The largest absolute Gasteiger partial charge is 0.486 e. The molecule has 0 saturated heterocycles. The van der Waals surface area contributed by atoms with E-state index in [4.69, 9.17) is 15.2 Å². The highest BCUT2D eigenvalue weighted by Gasteiger charge is 2.19. The van der Waals surface area contributed by atoms with Crippen molar-refractivity contribution in [1.29, 1.82) is 0 Å². The topological polar surface area (TPSA) is 61.6 Å². The van der Waals surface area contributed by atoms with E-state index in [0.29, 0.717) is 40.8 Å². The minimum atomic E-state index is -0.0475. The molecular formula is C13H11NO3S. The van der Waals surface area contributed by atoms with Gasteiger partial charge in [-0.15, -0.1) is 11.3 Å². The van der Waals surface area contributed by atoms with Crippen LogP contribution < -0.4 is 15.2 Å². The number of anilines is 1. The molecule has 0 saturated carbocycles. The molecule has 2 heterocycles. The van der Waals surface area contributed by atoms with Gasteiger partial charge in [-0.3, -0.25) is 4.79 Å². The Morgan fingerprint density at radius 1 is 1.28 bits per heavy atom. The summed E-state index contributed by atoms with van der Waals surface area (Å²) in [7, 11) is 0. The van der Waals surface area contributed by atoms with E-state index in [2.05, 4.69) is 0 Å². The summed E-state index contributed by atoms with van der Waals surface area (Å²) >= 11 is 1.41. The molecule has 0 bridgehead atoms. The van der Waals surface area contributed by atoms with Crippen LogP contribution in [0.15, 0.2) is 29.6 Å². The van der Waals surface area contributed by atoms with Gasteiger partial charge in [-0.2, -0.15) is 0 Å². The summed E-state index contributed by atoms with van der Waals surface area (Å²) in [6, 6.07) is 6.96. The molecule has 92 valence electrons. The molecule has 0 radical (unpaired) electrons. The fraction of sp³-hybridized carbons (Fsp3) is 0.154. The van der Waals surface area contributed by atoms with Crippen LogP contribution in [0.2, 0.25) is 0 Å². The normalized spacial score (nSPS) is 13.3. The Bertz CT molecular complexity index is 593. The van der Waals surface area contributed by atoms with Crippen molar-refractivity contribution in [3.63, 3.8) is 0 Å². The van der Waals surface area contributed by atoms with E-state index in [-0.39, 0.29) is 5.78 Å². The van der Waals surface area contributed by atoms with Crippen LogP contribution in [-0.2, 0) is 0 Å². The Morgan fingerprint density at radius 2 is 2.11 bits per heavy atom. The molecule has 0 unspecified atom stereocenters. The molecule has 2 aromatic rings. The molecule has 3 rings (SSSR count). The third kappa shape index (κ3) is 1.82. The summed E-state index contributed by atoms with van der Waals surface area (Å²) < 4.78 is 10.9. The lowest BCUT2D eigenvalue weighted by atomic mass is 10.1. The van der Waals surface area contributed by atoms with E-state index in [0.717, 1.165) is 0 Å². The zero-order valence-corrected chi connectivity index (χ0v) is 10.3. The van der Waals surface area contributed by atoms with E-state index in [1.54, 1.807) is 18.2 Å². The second-order valence-corrected chi connectivity index (χ2v) is 4.84. The lowest BCUT2D eigenvalue weighted by Crippen LogP contribution is -2.17. The predicted molar refractivity (Wildman–Crippen MR) is 69.6 cm³/mol. The first kappa shape index (κ1) is 11.1. The minimum Gasteiger partial charge on any atom is -0.486 e. The Balaban J connectivity index is 2.03. The maximum atomic E-state index is 12.2. The lowest BCUT2D eigenvalue weighted by molar-refractivity contribution is 0.104. The van der Waals surface area contributed by atoms with Gasteiger partial charge < -0.3 is 15.2 Å². The van der Waals surface area contributed by atoms with Gasteiger partial charge in [0.05, 0.1) is 10.6 Å². The first-order valence-corrected chi connectivity index (χ1v) is 6.41. The van der Waals surface area contributed by atoms with Crippen molar-refractivity contribution in [1.82, 2.24) is 0 Å². The average Bonchev–Trinajstić information content (AvgIpc) is 2.91. The molecule has 1 aromatic carbocycles. The van der Waals surface area contributed by atoms with Gasteiger partial charge in [0.1, 0.15) is 13.2 Å². The molecule has 0 atom stereocenters. The Hall–Kier alpha value is -2.01. The van der Waals surface area contributed by atoms with Crippen molar-refractivity contribution in [2.45, 2.75) is 0 Å². The number of thiophene rings is 1. The number of rotatable bonds is 2. The van der Waals surface area contributed by atoms with Gasteiger partial charge in [-0.1, -0.05) is 6.07 Å². The maximum absolute atomic E-state index is 12.2. The second kappa shape index (κ2) is 4.34. The molecule has 4 nitrogen and oxygen atoms in total. The van der Waals surface area contributed by atoms with Gasteiger partial charge in [0, 0.05) is 5.56 Å². The van der Waals surface area contributed by atoms with Gasteiger partial charge >= 0.3 is 0 Å². The summed E-state index contributed by atoms with van der Waals surface area (Å²) in [4.78, 5) is 12.9. The second-order valence-electron chi connectivity index (χ2n) is 3.90. The van der Waals surface area contributed by atoms with Crippen LogP contribution >= 0.6 is 11.3 Å². The van der Waals surface area contributed by atoms with Crippen LogP contribution in [0.5, 0.6) is 11.5 Å². The van der Waals surface area contributed by atoms with Crippen LogP contribution in [0, 0.1) is 0 Å². The van der Waals surface area contributed by atoms with Crippen molar-refractivity contribution in [3.05, 3.63) is 40.1 Å². The van der Waals surface area contributed by atoms with Crippen molar-refractivity contribution >= 4 is 22.8 Å². The number of benzene rings is 1. The van der Waals surface area contributed by atoms with Crippen LogP contribution in [0.3, 0.4) is 0 Å².